The molecular weight excluding hydrogens is 539 g/mol. The molecular formula is C20H28ClIN4O3S. The molecule has 0 aliphatic heterocycles. The summed E-state index contributed by atoms with van der Waals surface area (Å²) in [6.07, 6.45) is 0.716. The van der Waals surface area contributed by atoms with E-state index in [4.69, 9.17) is 16.3 Å². The van der Waals surface area contributed by atoms with E-state index in [9.17, 15) is 8.42 Å². The smallest absolute Gasteiger partial charge is 0.240 e. The molecule has 2 rings (SSSR count). The Morgan fingerprint density at radius 2 is 1.83 bits per heavy atom. The first-order valence-corrected chi connectivity index (χ1v) is 11.2. The van der Waals surface area contributed by atoms with Crippen LogP contribution < -0.4 is 20.1 Å². The van der Waals surface area contributed by atoms with Crippen LogP contribution in [0.3, 0.4) is 0 Å². The highest BCUT2D eigenvalue weighted by Gasteiger charge is 2.11. The van der Waals surface area contributed by atoms with E-state index < -0.39 is 10.0 Å². The van der Waals surface area contributed by atoms with E-state index in [1.807, 2.05) is 19.1 Å². The zero-order chi connectivity index (χ0) is 21.1. The molecule has 0 atom stereocenters. The fourth-order valence-electron chi connectivity index (χ4n) is 2.55. The van der Waals surface area contributed by atoms with Crippen molar-refractivity contribution in [2.75, 3.05) is 33.3 Å². The Bertz CT molecular complexity index is 912. The van der Waals surface area contributed by atoms with Crippen LogP contribution in [-0.2, 0) is 16.4 Å². The van der Waals surface area contributed by atoms with E-state index in [-0.39, 0.29) is 35.4 Å². The number of nitrogens with one attached hydrogen (secondary N) is 3. The summed E-state index contributed by atoms with van der Waals surface area (Å²) in [6, 6.07) is 13.9. The average molecular weight is 567 g/mol. The Morgan fingerprint density at radius 3 is 2.47 bits per heavy atom. The fourth-order valence-corrected chi connectivity index (χ4v) is 3.85. The van der Waals surface area contributed by atoms with Crippen LogP contribution in [0.25, 0.3) is 0 Å². The second kappa shape index (κ2) is 13.7. The average Bonchev–Trinajstić information content (AvgIpc) is 2.72. The summed E-state index contributed by atoms with van der Waals surface area (Å²) < 4.78 is 32.1. The summed E-state index contributed by atoms with van der Waals surface area (Å²) in [5.74, 6) is 1.34. The van der Waals surface area contributed by atoms with Gasteiger partial charge in [0.1, 0.15) is 5.75 Å². The van der Waals surface area contributed by atoms with Crippen molar-refractivity contribution in [3.05, 3.63) is 59.1 Å². The minimum Gasteiger partial charge on any atom is -0.497 e. The second-order valence-corrected chi connectivity index (χ2v) is 8.28. The first-order chi connectivity index (χ1) is 14.0. The number of hydrogen-bond donors (Lipinski definition) is 3. The Hall–Kier alpha value is -1.56. The number of guanidine groups is 1. The number of hydrogen-bond acceptors (Lipinski definition) is 4. The number of rotatable bonds is 10. The van der Waals surface area contributed by atoms with E-state index >= 15 is 0 Å². The highest BCUT2D eigenvalue weighted by atomic mass is 127. The van der Waals surface area contributed by atoms with E-state index in [0.29, 0.717) is 37.0 Å². The lowest BCUT2D eigenvalue weighted by Crippen LogP contribution is -2.39. The number of methoxy groups -OCH3 is 1. The van der Waals surface area contributed by atoms with Gasteiger partial charge in [0, 0.05) is 24.7 Å². The molecule has 3 N–H and O–H groups in total. The Kier molecular flexibility index (Phi) is 12.1. The predicted octanol–water partition coefficient (Wildman–Crippen LogP) is 3.04. The second-order valence-electron chi connectivity index (χ2n) is 6.11. The van der Waals surface area contributed by atoms with Crippen LogP contribution in [-0.4, -0.2) is 47.7 Å². The van der Waals surface area contributed by atoms with Gasteiger partial charge in [-0.05, 0) is 43.2 Å². The van der Waals surface area contributed by atoms with Crippen LogP contribution >= 0.6 is 35.6 Å². The molecule has 0 heterocycles. The molecule has 0 aliphatic carbocycles. The minimum absolute atomic E-state index is 0. The number of sulfonamides is 1. The van der Waals surface area contributed by atoms with E-state index in [1.54, 1.807) is 43.5 Å². The third kappa shape index (κ3) is 8.66. The quantitative estimate of drug-likeness (QED) is 0.178. The lowest BCUT2D eigenvalue weighted by atomic mass is 10.1. The molecule has 2 aromatic rings. The maximum absolute atomic E-state index is 12.2. The van der Waals surface area contributed by atoms with Crippen molar-refractivity contribution in [2.45, 2.75) is 18.2 Å². The molecule has 7 nitrogen and oxygen atoms in total. The van der Waals surface area contributed by atoms with Gasteiger partial charge < -0.3 is 15.4 Å². The third-order valence-corrected chi connectivity index (χ3v) is 5.85. The van der Waals surface area contributed by atoms with Gasteiger partial charge in [-0.1, -0.05) is 35.9 Å². The first kappa shape index (κ1) is 26.5. The van der Waals surface area contributed by atoms with Crippen LogP contribution in [0.2, 0.25) is 5.02 Å². The molecule has 0 amide bonds. The van der Waals surface area contributed by atoms with Crippen molar-refractivity contribution < 1.29 is 13.2 Å². The standard InChI is InChI=1S/C20H27ClN4O3S.HI/c1-3-22-20(23-12-11-16-9-10-17(28-2)15-19(16)21)24-13-14-25-29(26,27)18-7-5-4-6-8-18;/h4-10,15,25H,3,11-14H2,1-2H3,(H2,22,23,24);1H. The third-order valence-electron chi connectivity index (χ3n) is 4.02. The zero-order valence-corrected chi connectivity index (χ0v) is 20.9. The summed E-state index contributed by atoms with van der Waals surface area (Å²) in [5, 5.41) is 7.02. The van der Waals surface area contributed by atoms with Crippen LogP contribution in [0, 0.1) is 0 Å². The zero-order valence-electron chi connectivity index (χ0n) is 17.0. The molecule has 0 radical (unpaired) electrons. The van der Waals surface area contributed by atoms with Crippen molar-refractivity contribution in [1.29, 1.82) is 0 Å². The Morgan fingerprint density at radius 1 is 1.10 bits per heavy atom. The lowest BCUT2D eigenvalue weighted by Gasteiger charge is -2.12. The van der Waals surface area contributed by atoms with Gasteiger partial charge >= 0.3 is 0 Å². The molecule has 0 unspecified atom stereocenters. The van der Waals surface area contributed by atoms with Gasteiger partial charge in [-0.2, -0.15) is 0 Å². The molecule has 10 heteroatoms. The maximum Gasteiger partial charge on any atom is 0.240 e. The van der Waals surface area contributed by atoms with E-state index in [2.05, 4.69) is 20.3 Å². The summed E-state index contributed by atoms with van der Waals surface area (Å²) in [4.78, 5) is 4.65. The number of aliphatic imine (C=N–C) groups is 1. The number of nitrogens with zero attached hydrogens (tertiary/aromatic N) is 1. The van der Waals surface area contributed by atoms with Gasteiger partial charge in [0.2, 0.25) is 10.0 Å². The van der Waals surface area contributed by atoms with Gasteiger partial charge in [0.25, 0.3) is 0 Å². The molecule has 166 valence electrons. The van der Waals surface area contributed by atoms with Crippen LogP contribution in [0.15, 0.2) is 58.4 Å². The van der Waals surface area contributed by atoms with Crippen LogP contribution in [0.4, 0.5) is 0 Å². The van der Waals surface area contributed by atoms with Crippen molar-refractivity contribution in [2.24, 2.45) is 4.99 Å². The highest BCUT2D eigenvalue weighted by Crippen LogP contribution is 2.22. The summed E-state index contributed by atoms with van der Waals surface area (Å²) in [5.41, 5.74) is 1.01. The molecule has 30 heavy (non-hydrogen) atoms. The predicted molar refractivity (Wildman–Crippen MR) is 133 cm³/mol. The van der Waals surface area contributed by atoms with E-state index in [1.165, 1.54) is 0 Å². The molecule has 0 aliphatic rings. The normalized spacial score (nSPS) is 11.5. The van der Waals surface area contributed by atoms with Crippen LogP contribution in [0.5, 0.6) is 5.75 Å². The Balaban J connectivity index is 0.00000450. The minimum atomic E-state index is -3.52. The molecule has 0 fully saturated rings. The number of benzene rings is 2. The van der Waals surface area contributed by atoms with E-state index in [0.717, 1.165) is 11.3 Å². The van der Waals surface area contributed by atoms with Crippen molar-refractivity contribution in [3.63, 3.8) is 0 Å². The van der Waals surface area contributed by atoms with Gasteiger partial charge in [0.15, 0.2) is 5.96 Å². The van der Waals surface area contributed by atoms with Gasteiger partial charge in [-0.25, -0.2) is 13.1 Å². The van der Waals surface area contributed by atoms with Crippen molar-refractivity contribution in [3.8, 4) is 5.75 Å². The molecule has 0 spiro atoms. The first-order valence-electron chi connectivity index (χ1n) is 9.35. The molecule has 0 bridgehead atoms. The number of ether oxygens (including phenoxy) is 1. The van der Waals surface area contributed by atoms with Crippen molar-refractivity contribution in [1.82, 2.24) is 15.4 Å². The van der Waals surface area contributed by atoms with Crippen molar-refractivity contribution >= 4 is 51.6 Å². The Labute approximate surface area is 200 Å². The largest absolute Gasteiger partial charge is 0.497 e. The number of halogens is 2. The topological polar surface area (TPSA) is 91.8 Å². The summed E-state index contributed by atoms with van der Waals surface area (Å²) in [7, 11) is -1.92. The van der Waals surface area contributed by atoms with Gasteiger partial charge in [0.05, 0.1) is 18.6 Å². The summed E-state index contributed by atoms with van der Waals surface area (Å²) in [6.45, 7) is 3.82. The van der Waals surface area contributed by atoms with Gasteiger partial charge in [-0.3, -0.25) is 4.99 Å². The molecule has 0 saturated carbocycles. The van der Waals surface area contributed by atoms with Crippen LogP contribution in [0.1, 0.15) is 12.5 Å². The van der Waals surface area contributed by atoms with Gasteiger partial charge in [-0.15, -0.1) is 24.0 Å². The molecule has 0 saturated heterocycles. The maximum atomic E-state index is 12.2. The summed E-state index contributed by atoms with van der Waals surface area (Å²) >= 11 is 6.26. The monoisotopic (exact) mass is 566 g/mol. The fraction of sp³-hybridized carbons (Fsp3) is 0.350. The lowest BCUT2D eigenvalue weighted by molar-refractivity contribution is 0.414. The molecule has 2 aromatic carbocycles. The SMILES string of the molecule is CCNC(=NCCNS(=O)(=O)c1ccccc1)NCCc1ccc(OC)cc1Cl.I. The molecule has 0 aromatic heterocycles. The highest BCUT2D eigenvalue weighted by molar-refractivity contribution is 14.0.